The van der Waals surface area contributed by atoms with E-state index in [2.05, 4.69) is 18.3 Å². The molecule has 0 nitrogen and oxygen atoms in total. The van der Waals surface area contributed by atoms with Crippen LogP contribution in [0.2, 0.25) is 0 Å². The van der Waals surface area contributed by atoms with Crippen LogP contribution in [0.15, 0.2) is 22.5 Å². The predicted octanol–water partition coefficient (Wildman–Crippen LogP) is 1.63. The van der Waals surface area contributed by atoms with Crippen LogP contribution in [0.5, 0.6) is 0 Å². The van der Waals surface area contributed by atoms with Crippen LogP contribution >= 0.6 is 0 Å². The van der Waals surface area contributed by atoms with Gasteiger partial charge in [0, 0.05) is 0 Å². The summed E-state index contributed by atoms with van der Waals surface area (Å²) in [5.41, 5.74) is 2.43. The molecule has 0 atom stereocenters. The minimum atomic E-state index is 1.16. The molecule has 0 fully saturated rings. The Labute approximate surface area is 54.5 Å². The Kier molecular flexibility index (Phi) is 3.16. The first-order chi connectivity index (χ1) is 3.18. The maximum absolute atomic E-state index is 3.76. The van der Waals surface area contributed by atoms with Crippen molar-refractivity contribution in [2.45, 2.75) is 13.8 Å². The van der Waals surface area contributed by atoms with E-state index in [0.717, 1.165) is 5.57 Å². The molecule has 0 amide bonds. The van der Waals surface area contributed by atoms with E-state index in [-0.39, 0.29) is 0 Å². The van der Waals surface area contributed by atoms with E-state index in [1.54, 1.807) is 0 Å². The Morgan fingerprint density at radius 1 is 1.57 bits per heavy atom. The van der Waals surface area contributed by atoms with Gasteiger partial charge in [0.05, 0.1) is 0 Å². The van der Waals surface area contributed by atoms with Crippen LogP contribution in [0.1, 0.15) is 13.8 Å². The van der Waals surface area contributed by atoms with E-state index in [1.807, 2.05) is 24.6 Å². The topological polar surface area (TPSA) is 0 Å². The number of rotatable bonds is 1. The molecule has 0 aliphatic rings. The van der Waals surface area contributed by atoms with Crippen LogP contribution in [-0.4, -0.2) is 17.7 Å². The Hall–Kier alpha value is 0.0774. The van der Waals surface area contributed by atoms with Gasteiger partial charge in [0.1, 0.15) is 0 Å². The summed E-state index contributed by atoms with van der Waals surface area (Å²) in [4.78, 5) is 0. The molecule has 0 N–H and O–H groups in total. The molecule has 0 spiro atoms. The molecule has 0 saturated heterocycles. The van der Waals surface area contributed by atoms with Gasteiger partial charge in [0.25, 0.3) is 0 Å². The third kappa shape index (κ3) is 2.74. The zero-order chi connectivity index (χ0) is 5.86. The molecule has 7 heavy (non-hydrogen) atoms. The van der Waals surface area contributed by atoms with Crippen LogP contribution in [-0.2, 0) is 0 Å². The zero-order valence-electron chi connectivity index (χ0n) is 5.28. The predicted molar refractivity (Wildman–Crippen MR) is 34.3 cm³/mol. The Morgan fingerprint density at radius 2 is 2.00 bits per heavy atom. The van der Waals surface area contributed by atoms with Crippen molar-refractivity contribution >= 4 is 17.7 Å². The van der Waals surface area contributed by atoms with Crippen LogP contribution in [0.3, 0.4) is 0 Å². The summed E-state index contributed by atoms with van der Waals surface area (Å²) in [5, 5.41) is 0. The summed E-state index contributed by atoms with van der Waals surface area (Å²) in [7, 11) is 0. The average molecular weight is 88.1 g/mol. The van der Waals surface area contributed by atoms with Gasteiger partial charge < -0.3 is 0 Å². The zero-order valence-corrected chi connectivity index (χ0v) is 5.28. The molecule has 0 aliphatic heterocycles. The van der Waals surface area contributed by atoms with Crippen molar-refractivity contribution in [1.29, 1.82) is 0 Å². The molecule has 0 unspecified atom stereocenters. The number of hydrogen-bond acceptors (Lipinski definition) is 0. The summed E-state index contributed by atoms with van der Waals surface area (Å²) in [6, 6.07) is 0. The van der Waals surface area contributed by atoms with Gasteiger partial charge in [-0.3, -0.25) is 0 Å². The molecule has 0 saturated carbocycles. The minimum absolute atomic E-state index is 1.16. The summed E-state index contributed by atoms with van der Waals surface area (Å²) in [5.74, 6) is 0. The van der Waals surface area contributed by atoms with Crippen molar-refractivity contribution < 1.29 is 0 Å². The standard InChI is InChI=1S/C6H9.Li/c1-5(2)6(3)4;/h1H,3H2,2,4H3;. The fourth-order valence-corrected chi connectivity index (χ4v) is 0.246. The van der Waals surface area contributed by atoms with Gasteiger partial charge in [-0.2, -0.15) is 0 Å². The Bertz CT molecular complexity index is 101. The van der Waals surface area contributed by atoms with Gasteiger partial charge in [0.15, 0.2) is 0 Å². The van der Waals surface area contributed by atoms with Gasteiger partial charge in [-0.1, -0.05) is 0 Å². The molecule has 0 heterocycles. The number of allylic oxidation sites excluding steroid dienone is 2. The first-order valence-electron chi connectivity index (χ1n) is 2.47. The van der Waals surface area contributed by atoms with Gasteiger partial charge in [-0.05, 0) is 0 Å². The molecule has 0 aliphatic carbocycles. The fourth-order valence-electron chi connectivity index (χ4n) is 0.246. The van der Waals surface area contributed by atoms with Crippen LogP contribution in [0, 0.1) is 0 Å². The first-order valence-corrected chi connectivity index (χ1v) is 2.47. The second-order valence-corrected chi connectivity index (χ2v) is 1.75. The summed E-state index contributed by atoms with van der Waals surface area (Å²) >= 11 is 2.02. The molecular formula is C6H9Li. The van der Waals surface area contributed by atoms with Gasteiger partial charge >= 0.3 is 54.0 Å². The van der Waals surface area contributed by atoms with E-state index in [9.17, 15) is 0 Å². The van der Waals surface area contributed by atoms with Crippen molar-refractivity contribution in [2.75, 3.05) is 0 Å². The van der Waals surface area contributed by atoms with Gasteiger partial charge in [0.2, 0.25) is 0 Å². The van der Waals surface area contributed by atoms with Crippen molar-refractivity contribution in [3.63, 3.8) is 0 Å². The summed E-state index contributed by atoms with van der Waals surface area (Å²) in [6.07, 6.45) is 0. The van der Waals surface area contributed by atoms with E-state index in [0.29, 0.717) is 0 Å². The molecule has 0 radical (unpaired) electrons. The van der Waals surface area contributed by atoms with Crippen molar-refractivity contribution in [2.24, 2.45) is 0 Å². The molecule has 0 aromatic carbocycles. The van der Waals surface area contributed by atoms with Crippen molar-refractivity contribution in [1.82, 2.24) is 0 Å². The van der Waals surface area contributed by atoms with Gasteiger partial charge in [-0.15, -0.1) is 0 Å². The van der Waals surface area contributed by atoms with E-state index in [4.69, 9.17) is 0 Å². The molecule has 34 valence electrons. The third-order valence-electron chi connectivity index (χ3n) is 1.11. The molecule has 0 aromatic heterocycles. The second-order valence-electron chi connectivity index (χ2n) is 1.75. The fraction of sp³-hybridized carbons (Fsp3) is 0.333. The Balaban J connectivity index is 3.82. The van der Waals surface area contributed by atoms with E-state index >= 15 is 0 Å². The first kappa shape index (κ1) is 7.08. The molecule has 1 heteroatoms. The monoisotopic (exact) mass is 88.1 g/mol. The number of hydrogen-bond donors (Lipinski definition) is 0. The van der Waals surface area contributed by atoms with Crippen molar-refractivity contribution in [3.8, 4) is 0 Å². The normalized spacial score (nSPS) is 11.7. The second kappa shape index (κ2) is 3.13. The van der Waals surface area contributed by atoms with Crippen LogP contribution in [0.25, 0.3) is 0 Å². The maximum atomic E-state index is 3.76. The molecule has 0 rings (SSSR count). The summed E-state index contributed by atoms with van der Waals surface area (Å²) < 4.78 is 2.06. The van der Waals surface area contributed by atoms with Crippen LogP contribution in [0.4, 0.5) is 0 Å². The average Bonchev–Trinajstić information content (AvgIpc) is 1.65. The summed E-state index contributed by atoms with van der Waals surface area (Å²) in [6.45, 7) is 7.82. The van der Waals surface area contributed by atoms with Crippen molar-refractivity contribution in [3.05, 3.63) is 22.5 Å². The third-order valence-corrected chi connectivity index (χ3v) is 1.11. The molecule has 0 bridgehead atoms. The van der Waals surface area contributed by atoms with Gasteiger partial charge in [-0.25, -0.2) is 0 Å². The quantitative estimate of drug-likeness (QED) is 0.337. The SMILES string of the molecule is [Li]/[CH]=C(\C)C(=C)C. The molecular weight excluding hydrogens is 79.0 g/mol. The van der Waals surface area contributed by atoms with E-state index in [1.165, 1.54) is 5.57 Å². The Morgan fingerprint density at radius 3 is 2.00 bits per heavy atom. The van der Waals surface area contributed by atoms with Crippen LogP contribution < -0.4 is 0 Å². The molecule has 0 aromatic rings. The van der Waals surface area contributed by atoms with E-state index < -0.39 is 0 Å².